The molecule has 0 saturated heterocycles. The minimum Gasteiger partial charge on any atom is -0.481 e. The molecule has 8 nitrogen and oxygen atoms in total. The molecule has 0 bridgehead atoms. The van der Waals surface area contributed by atoms with Crippen molar-refractivity contribution in [1.82, 2.24) is 0 Å². The molecule has 0 spiro atoms. The first-order chi connectivity index (χ1) is 9.66. The lowest BCUT2D eigenvalue weighted by Gasteiger charge is -2.21. The van der Waals surface area contributed by atoms with Crippen LogP contribution in [0.1, 0.15) is 11.1 Å². The number of benzene rings is 1. The zero-order valence-corrected chi connectivity index (χ0v) is 11.5. The quantitative estimate of drug-likeness (QED) is 0.551. The Morgan fingerprint density at radius 2 is 1.67 bits per heavy atom. The van der Waals surface area contributed by atoms with Gasteiger partial charge in [0.15, 0.2) is 5.66 Å². The second-order valence-electron chi connectivity index (χ2n) is 4.33. The second kappa shape index (κ2) is 6.50. The van der Waals surface area contributed by atoms with E-state index in [1.165, 1.54) is 24.3 Å². The summed E-state index contributed by atoms with van der Waals surface area (Å²) >= 11 is 0. The zero-order chi connectivity index (χ0) is 16.2. The van der Waals surface area contributed by atoms with Crippen molar-refractivity contribution in [2.75, 3.05) is 0 Å². The Bertz CT molecular complexity index is 628. The van der Waals surface area contributed by atoms with Gasteiger partial charge in [-0.05, 0) is 24.1 Å². The van der Waals surface area contributed by atoms with Gasteiger partial charge >= 0.3 is 19.5 Å². The van der Waals surface area contributed by atoms with Crippen LogP contribution >= 0.6 is 7.60 Å². The van der Waals surface area contributed by atoms with Crippen LogP contribution in [-0.4, -0.2) is 37.6 Å². The Hall–Kier alpha value is -2.20. The fraction of sp³-hybridized carbons (Fsp3) is 0.250. The van der Waals surface area contributed by atoms with Crippen LogP contribution < -0.4 is 0 Å². The minimum absolute atomic E-state index is 0.329. The van der Waals surface area contributed by atoms with Crippen molar-refractivity contribution in [1.29, 1.82) is 5.26 Å². The summed E-state index contributed by atoms with van der Waals surface area (Å²) in [6, 6.07) is 7.49. The number of rotatable bonds is 6. The summed E-state index contributed by atoms with van der Waals surface area (Å²) in [5.74, 6) is -5.27. The molecule has 0 fully saturated rings. The van der Waals surface area contributed by atoms with E-state index in [-0.39, 0.29) is 6.42 Å². The Kier molecular flexibility index (Phi) is 5.22. The van der Waals surface area contributed by atoms with Gasteiger partial charge in [0.2, 0.25) is 0 Å². The number of aliphatic carboxylic acids is 2. The molecule has 0 aliphatic heterocycles. The van der Waals surface area contributed by atoms with Crippen molar-refractivity contribution in [3.05, 3.63) is 35.4 Å². The molecule has 0 amide bonds. The van der Waals surface area contributed by atoms with Crippen LogP contribution in [0.5, 0.6) is 0 Å². The maximum atomic E-state index is 11.2. The number of hydrogen-bond acceptors (Lipinski definition) is 4. The number of hydrogen-bond donors (Lipinski definition) is 4. The topological polar surface area (TPSA) is 156 Å². The Morgan fingerprint density at radius 1 is 1.14 bits per heavy atom. The first-order valence-corrected chi connectivity index (χ1v) is 7.35. The summed E-state index contributed by atoms with van der Waals surface area (Å²) in [7, 11) is -5.13. The van der Waals surface area contributed by atoms with Crippen molar-refractivity contribution in [2.24, 2.45) is 5.92 Å². The first kappa shape index (κ1) is 16.9. The predicted molar refractivity (Wildman–Crippen MR) is 69.5 cm³/mol. The molecule has 112 valence electrons. The second-order valence-corrected chi connectivity index (χ2v) is 6.06. The molecule has 21 heavy (non-hydrogen) atoms. The highest BCUT2D eigenvalue weighted by Crippen LogP contribution is 2.46. The lowest BCUT2D eigenvalue weighted by atomic mass is 9.95. The maximum absolute atomic E-state index is 11.2. The van der Waals surface area contributed by atoms with Crippen LogP contribution in [0.15, 0.2) is 24.3 Å². The average Bonchev–Trinajstić information content (AvgIpc) is 2.36. The number of nitrogens with zero attached hydrogens (tertiary/aromatic N) is 1. The van der Waals surface area contributed by atoms with Gasteiger partial charge in [0.05, 0.1) is 17.6 Å². The van der Waals surface area contributed by atoms with Gasteiger partial charge in [-0.2, -0.15) is 5.26 Å². The predicted octanol–water partition coefficient (Wildman–Crippen LogP) is 0.432. The molecular weight excluding hydrogens is 301 g/mol. The molecule has 0 radical (unpaired) electrons. The molecule has 4 N–H and O–H groups in total. The first-order valence-electron chi connectivity index (χ1n) is 5.66. The van der Waals surface area contributed by atoms with E-state index in [0.29, 0.717) is 11.1 Å². The number of carboxylic acid groups (broad SMARTS) is 2. The van der Waals surface area contributed by atoms with Crippen LogP contribution in [0.25, 0.3) is 0 Å². The molecule has 1 aromatic carbocycles. The standard InChI is InChI=1S/C12H12NO7P/c13-6-8-3-1-7(2-4-8)5-9(11(14)15)10(12(16)17)21(18,19)20/h1-4,9-10H,5H2,(H,14,15)(H,16,17)(H2,18,19,20). The highest BCUT2D eigenvalue weighted by Gasteiger charge is 2.45. The Balaban J connectivity index is 3.11. The normalized spacial score (nSPS) is 14.0. The van der Waals surface area contributed by atoms with Gasteiger partial charge in [-0.1, -0.05) is 12.1 Å². The monoisotopic (exact) mass is 313 g/mol. The van der Waals surface area contributed by atoms with Gasteiger partial charge in [-0.25, -0.2) is 0 Å². The summed E-state index contributed by atoms with van der Waals surface area (Å²) in [4.78, 5) is 40.2. The average molecular weight is 313 g/mol. The van der Waals surface area contributed by atoms with E-state index in [2.05, 4.69) is 0 Å². The van der Waals surface area contributed by atoms with Gasteiger partial charge in [-0.3, -0.25) is 14.2 Å². The van der Waals surface area contributed by atoms with Gasteiger partial charge in [0.1, 0.15) is 0 Å². The van der Waals surface area contributed by atoms with Crippen molar-refractivity contribution >= 4 is 19.5 Å². The van der Waals surface area contributed by atoms with Crippen molar-refractivity contribution in [3.8, 4) is 6.07 Å². The Morgan fingerprint density at radius 3 is 2.00 bits per heavy atom. The summed E-state index contributed by atoms with van der Waals surface area (Å²) < 4.78 is 11.2. The van der Waals surface area contributed by atoms with E-state index >= 15 is 0 Å². The summed E-state index contributed by atoms with van der Waals surface area (Å²) in [5, 5.41) is 26.6. The highest BCUT2D eigenvalue weighted by molar-refractivity contribution is 7.53. The Labute approximate surface area is 119 Å². The maximum Gasteiger partial charge on any atom is 0.340 e. The highest BCUT2D eigenvalue weighted by atomic mass is 31.2. The van der Waals surface area contributed by atoms with E-state index in [0.717, 1.165) is 0 Å². The van der Waals surface area contributed by atoms with Gasteiger partial charge < -0.3 is 20.0 Å². The summed E-state index contributed by atoms with van der Waals surface area (Å²) in [6.07, 6.45) is -0.372. The van der Waals surface area contributed by atoms with Crippen molar-refractivity contribution in [2.45, 2.75) is 12.1 Å². The fourth-order valence-electron chi connectivity index (χ4n) is 1.85. The molecule has 0 aliphatic rings. The van der Waals surface area contributed by atoms with Crippen LogP contribution in [0, 0.1) is 17.2 Å². The third kappa shape index (κ3) is 4.39. The fourth-order valence-corrected chi connectivity index (χ4v) is 2.84. The van der Waals surface area contributed by atoms with Crippen LogP contribution in [0.2, 0.25) is 0 Å². The van der Waals surface area contributed by atoms with Gasteiger partial charge in [0, 0.05) is 0 Å². The lowest BCUT2D eigenvalue weighted by molar-refractivity contribution is -0.148. The van der Waals surface area contributed by atoms with Crippen molar-refractivity contribution < 1.29 is 34.2 Å². The third-order valence-electron chi connectivity index (χ3n) is 2.85. The largest absolute Gasteiger partial charge is 0.481 e. The number of carbonyl (C=O) groups is 2. The number of carboxylic acids is 2. The zero-order valence-electron chi connectivity index (χ0n) is 10.6. The minimum atomic E-state index is -5.13. The van der Waals surface area contributed by atoms with Crippen molar-refractivity contribution in [3.63, 3.8) is 0 Å². The molecule has 9 heteroatoms. The van der Waals surface area contributed by atoms with Gasteiger partial charge in [0.25, 0.3) is 0 Å². The molecule has 2 atom stereocenters. The SMILES string of the molecule is N#Cc1ccc(CC(C(=O)O)C(C(=O)O)P(=O)(O)O)cc1. The van der Waals surface area contributed by atoms with E-state index in [9.17, 15) is 14.2 Å². The molecule has 0 aliphatic carbocycles. The van der Waals surface area contributed by atoms with E-state index in [1.807, 2.05) is 6.07 Å². The molecule has 1 aromatic rings. The molecular formula is C12H12NO7P. The molecule has 0 aromatic heterocycles. The van der Waals surface area contributed by atoms with Gasteiger partial charge in [-0.15, -0.1) is 0 Å². The molecule has 1 rings (SSSR count). The smallest absolute Gasteiger partial charge is 0.340 e. The van der Waals surface area contributed by atoms with Crippen LogP contribution in [-0.2, 0) is 20.6 Å². The lowest BCUT2D eigenvalue weighted by Crippen LogP contribution is -2.36. The van der Waals surface area contributed by atoms with E-state index < -0.39 is 31.1 Å². The van der Waals surface area contributed by atoms with Crippen LogP contribution in [0.3, 0.4) is 0 Å². The molecule has 0 heterocycles. The van der Waals surface area contributed by atoms with E-state index in [1.54, 1.807) is 0 Å². The number of nitriles is 1. The molecule has 0 saturated carbocycles. The summed E-state index contributed by atoms with van der Waals surface area (Å²) in [6.45, 7) is 0. The molecule has 2 unspecified atom stereocenters. The summed E-state index contributed by atoms with van der Waals surface area (Å²) in [5.41, 5.74) is -1.64. The third-order valence-corrected chi connectivity index (χ3v) is 4.16. The van der Waals surface area contributed by atoms with Crippen LogP contribution in [0.4, 0.5) is 0 Å². The van der Waals surface area contributed by atoms with E-state index in [4.69, 9.17) is 25.3 Å².